The van der Waals surface area contributed by atoms with E-state index in [2.05, 4.69) is 15.0 Å². The maximum Gasteiger partial charge on any atom is 0.259 e. The Bertz CT molecular complexity index is 515. The topological polar surface area (TPSA) is 85.2 Å². The summed E-state index contributed by atoms with van der Waals surface area (Å²) >= 11 is 0. The van der Waals surface area contributed by atoms with Crippen LogP contribution in [0.5, 0.6) is 0 Å². The zero-order chi connectivity index (χ0) is 14.6. The third kappa shape index (κ3) is 4.02. The highest BCUT2D eigenvalue weighted by atomic mass is 32.2. The number of hydrogen-bond donors (Lipinski definition) is 2. The number of rotatable bonds is 6. The Morgan fingerprint density at radius 3 is 2.80 bits per heavy atom. The number of nitrogens with zero attached hydrogens (tertiary/aromatic N) is 2. The van der Waals surface area contributed by atoms with Crippen LogP contribution in [0.3, 0.4) is 0 Å². The SMILES string of the molecule is Cc1nc(S(=O)(=O)NCCOC2CCNCC2)cn1C. The van der Waals surface area contributed by atoms with Crippen molar-refractivity contribution >= 4 is 10.0 Å². The molecule has 0 unspecified atom stereocenters. The van der Waals surface area contributed by atoms with Crippen LogP contribution in [0.15, 0.2) is 11.2 Å². The van der Waals surface area contributed by atoms with Gasteiger partial charge in [0.1, 0.15) is 5.82 Å². The van der Waals surface area contributed by atoms with E-state index in [0.29, 0.717) is 12.4 Å². The molecule has 0 saturated carbocycles. The fraction of sp³-hybridized carbons (Fsp3) is 0.750. The first kappa shape index (κ1) is 15.4. The van der Waals surface area contributed by atoms with E-state index in [1.54, 1.807) is 18.5 Å². The molecule has 114 valence electrons. The van der Waals surface area contributed by atoms with E-state index in [-0.39, 0.29) is 17.7 Å². The summed E-state index contributed by atoms with van der Waals surface area (Å²) in [6.45, 7) is 4.34. The van der Waals surface area contributed by atoms with Crippen LogP contribution in [-0.2, 0) is 21.8 Å². The standard InChI is InChI=1S/C12H22N4O3S/c1-10-15-12(9-16(10)2)20(17,18)14-7-8-19-11-3-5-13-6-4-11/h9,11,13-14H,3-8H2,1-2H3. The van der Waals surface area contributed by atoms with Crippen molar-refractivity contribution in [3.63, 3.8) is 0 Å². The van der Waals surface area contributed by atoms with Gasteiger partial charge in [0.15, 0.2) is 5.03 Å². The molecule has 1 fully saturated rings. The summed E-state index contributed by atoms with van der Waals surface area (Å²) in [7, 11) is -1.77. The molecule has 8 heteroatoms. The van der Waals surface area contributed by atoms with Crippen molar-refractivity contribution in [3.8, 4) is 0 Å². The first-order valence-electron chi connectivity index (χ1n) is 6.81. The Balaban J connectivity index is 1.77. The zero-order valence-electron chi connectivity index (χ0n) is 11.9. The lowest BCUT2D eigenvalue weighted by molar-refractivity contribution is 0.0366. The van der Waals surface area contributed by atoms with Gasteiger partial charge in [0.05, 0.1) is 12.7 Å². The summed E-state index contributed by atoms with van der Waals surface area (Å²) in [4.78, 5) is 4.01. The lowest BCUT2D eigenvalue weighted by atomic mass is 10.1. The molecule has 1 aromatic heterocycles. The number of sulfonamides is 1. The van der Waals surface area contributed by atoms with E-state index in [9.17, 15) is 8.42 Å². The predicted molar refractivity (Wildman–Crippen MR) is 75.0 cm³/mol. The molecule has 0 aromatic carbocycles. The first-order valence-corrected chi connectivity index (χ1v) is 8.29. The van der Waals surface area contributed by atoms with E-state index in [0.717, 1.165) is 25.9 Å². The van der Waals surface area contributed by atoms with E-state index < -0.39 is 10.0 Å². The number of hydrogen-bond acceptors (Lipinski definition) is 5. The van der Waals surface area contributed by atoms with Crippen LogP contribution in [0.25, 0.3) is 0 Å². The van der Waals surface area contributed by atoms with Gasteiger partial charge in [0.2, 0.25) is 0 Å². The molecule has 2 rings (SSSR count). The second-order valence-corrected chi connectivity index (χ2v) is 6.67. The summed E-state index contributed by atoms with van der Waals surface area (Å²) in [5.74, 6) is 0.663. The van der Waals surface area contributed by atoms with E-state index in [1.165, 1.54) is 6.20 Å². The molecule has 7 nitrogen and oxygen atoms in total. The molecule has 20 heavy (non-hydrogen) atoms. The highest BCUT2D eigenvalue weighted by Gasteiger charge is 2.18. The molecule has 0 atom stereocenters. The molecule has 0 bridgehead atoms. The highest BCUT2D eigenvalue weighted by Crippen LogP contribution is 2.08. The quantitative estimate of drug-likeness (QED) is 0.709. The minimum Gasteiger partial charge on any atom is -0.377 e. The molecule has 1 saturated heterocycles. The maximum atomic E-state index is 12.0. The number of nitrogens with one attached hydrogen (secondary N) is 2. The predicted octanol–water partition coefficient (Wildman–Crippen LogP) is -0.225. The zero-order valence-corrected chi connectivity index (χ0v) is 12.7. The van der Waals surface area contributed by atoms with Crippen molar-refractivity contribution in [2.75, 3.05) is 26.2 Å². The summed E-state index contributed by atoms with van der Waals surface area (Å²) in [5, 5.41) is 3.31. The molecule has 2 heterocycles. The van der Waals surface area contributed by atoms with Crippen LogP contribution in [0.2, 0.25) is 0 Å². The van der Waals surface area contributed by atoms with Gasteiger partial charge < -0.3 is 14.6 Å². The van der Waals surface area contributed by atoms with Crippen LogP contribution in [0.4, 0.5) is 0 Å². The molecular weight excluding hydrogens is 280 g/mol. The third-order valence-electron chi connectivity index (χ3n) is 3.40. The lowest BCUT2D eigenvalue weighted by Crippen LogP contribution is -2.34. The molecule has 0 amide bonds. The molecule has 0 spiro atoms. The van der Waals surface area contributed by atoms with Crippen molar-refractivity contribution in [3.05, 3.63) is 12.0 Å². The van der Waals surface area contributed by atoms with Gasteiger partial charge in [-0.2, -0.15) is 0 Å². The average Bonchev–Trinajstić information content (AvgIpc) is 2.77. The van der Waals surface area contributed by atoms with Crippen LogP contribution in [0, 0.1) is 6.92 Å². The van der Waals surface area contributed by atoms with Crippen LogP contribution in [0.1, 0.15) is 18.7 Å². The molecular formula is C12H22N4O3S. The van der Waals surface area contributed by atoms with E-state index >= 15 is 0 Å². The lowest BCUT2D eigenvalue weighted by Gasteiger charge is -2.22. The molecule has 2 N–H and O–H groups in total. The Kier molecular flexibility index (Phi) is 5.14. The molecule has 1 aromatic rings. The van der Waals surface area contributed by atoms with Gasteiger partial charge in [-0.15, -0.1) is 0 Å². The van der Waals surface area contributed by atoms with E-state index in [1.807, 2.05) is 0 Å². The minimum absolute atomic E-state index is 0.0550. The van der Waals surface area contributed by atoms with Crippen LogP contribution < -0.4 is 10.0 Å². The monoisotopic (exact) mass is 302 g/mol. The molecule has 0 radical (unpaired) electrons. The Morgan fingerprint density at radius 2 is 2.20 bits per heavy atom. The average molecular weight is 302 g/mol. The van der Waals surface area contributed by atoms with Crippen molar-refractivity contribution in [1.29, 1.82) is 0 Å². The second kappa shape index (κ2) is 6.66. The van der Waals surface area contributed by atoms with Crippen LogP contribution in [-0.4, -0.2) is 50.3 Å². The van der Waals surface area contributed by atoms with Crippen molar-refractivity contribution in [2.45, 2.75) is 30.9 Å². The van der Waals surface area contributed by atoms with Gasteiger partial charge in [-0.3, -0.25) is 0 Å². The number of piperidine rings is 1. The summed E-state index contributed by atoms with van der Waals surface area (Å²) in [6.07, 6.45) is 3.70. The van der Waals surface area contributed by atoms with Crippen molar-refractivity contribution in [2.24, 2.45) is 7.05 Å². The second-order valence-electron chi connectivity index (χ2n) is 4.96. The third-order valence-corrected chi connectivity index (χ3v) is 4.73. The first-order chi connectivity index (χ1) is 9.49. The van der Waals surface area contributed by atoms with Gasteiger partial charge in [-0.1, -0.05) is 0 Å². The Labute approximate surface area is 119 Å². The Morgan fingerprint density at radius 1 is 1.50 bits per heavy atom. The number of imidazole rings is 1. The fourth-order valence-electron chi connectivity index (χ4n) is 2.09. The number of aryl methyl sites for hydroxylation is 2. The van der Waals surface area contributed by atoms with Gasteiger partial charge in [0.25, 0.3) is 10.0 Å². The number of aromatic nitrogens is 2. The van der Waals surface area contributed by atoms with Gasteiger partial charge in [0, 0.05) is 19.8 Å². The normalized spacial score (nSPS) is 17.5. The maximum absolute atomic E-state index is 12.0. The molecule has 0 aliphatic carbocycles. The fourth-order valence-corrected chi connectivity index (χ4v) is 3.14. The minimum atomic E-state index is -3.54. The van der Waals surface area contributed by atoms with Gasteiger partial charge in [-0.05, 0) is 32.9 Å². The van der Waals surface area contributed by atoms with E-state index in [4.69, 9.17) is 4.74 Å². The molecule has 1 aliphatic heterocycles. The summed E-state index contributed by atoms with van der Waals surface area (Å²) < 4.78 is 33.8. The number of ether oxygens (including phenoxy) is 1. The highest BCUT2D eigenvalue weighted by molar-refractivity contribution is 7.89. The van der Waals surface area contributed by atoms with Crippen molar-refractivity contribution in [1.82, 2.24) is 19.6 Å². The summed E-state index contributed by atoms with van der Waals surface area (Å²) in [6, 6.07) is 0. The van der Waals surface area contributed by atoms with Crippen molar-refractivity contribution < 1.29 is 13.2 Å². The largest absolute Gasteiger partial charge is 0.377 e. The van der Waals surface area contributed by atoms with Gasteiger partial charge in [-0.25, -0.2) is 18.1 Å². The smallest absolute Gasteiger partial charge is 0.259 e. The van der Waals surface area contributed by atoms with Gasteiger partial charge >= 0.3 is 0 Å². The Hall–Kier alpha value is -0.960. The summed E-state index contributed by atoms with van der Waals surface area (Å²) in [5.41, 5.74) is 0. The molecule has 1 aliphatic rings. The van der Waals surface area contributed by atoms with Crippen LogP contribution >= 0.6 is 0 Å².